The summed E-state index contributed by atoms with van der Waals surface area (Å²) in [5.74, 6) is 0.519. The molecule has 2 amide bonds. The van der Waals surface area contributed by atoms with Crippen LogP contribution in [0.4, 0.5) is 17.1 Å². The van der Waals surface area contributed by atoms with E-state index in [1.165, 1.54) is 11.8 Å². The van der Waals surface area contributed by atoms with Crippen molar-refractivity contribution in [2.45, 2.75) is 6.92 Å². The van der Waals surface area contributed by atoms with E-state index in [-0.39, 0.29) is 18.4 Å². The van der Waals surface area contributed by atoms with E-state index in [2.05, 4.69) is 10.6 Å². The summed E-state index contributed by atoms with van der Waals surface area (Å²) in [6, 6.07) is 14.5. The second-order valence-electron chi connectivity index (χ2n) is 5.26. The Labute approximate surface area is 141 Å². The van der Waals surface area contributed by atoms with E-state index in [1.807, 2.05) is 24.3 Å². The molecule has 2 rings (SSSR count). The molecule has 2 aromatic rings. The van der Waals surface area contributed by atoms with Crippen LogP contribution in [0.2, 0.25) is 0 Å². The lowest BCUT2D eigenvalue weighted by Gasteiger charge is -2.15. The zero-order valence-electron chi connectivity index (χ0n) is 14.0. The first-order valence-electron chi connectivity index (χ1n) is 7.51. The van der Waals surface area contributed by atoms with E-state index in [9.17, 15) is 9.59 Å². The number of carbonyl (C=O) groups excluding carboxylic acids is 2. The van der Waals surface area contributed by atoms with Crippen LogP contribution in [0.3, 0.4) is 0 Å². The summed E-state index contributed by atoms with van der Waals surface area (Å²) in [6.45, 7) is 1.64. The average Bonchev–Trinajstić information content (AvgIpc) is 2.60. The molecule has 6 nitrogen and oxygen atoms in total. The van der Waals surface area contributed by atoms with Crippen LogP contribution in [-0.2, 0) is 9.59 Å². The van der Waals surface area contributed by atoms with Gasteiger partial charge in [0.05, 0.1) is 13.7 Å². The summed E-state index contributed by atoms with van der Waals surface area (Å²) in [7, 11) is 3.30. The Morgan fingerprint density at radius 2 is 1.79 bits per heavy atom. The minimum absolute atomic E-state index is 0.0470. The summed E-state index contributed by atoms with van der Waals surface area (Å²) in [4.78, 5) is 24.8. The number of hydrogen-bond donors (Lipinski definition) is 2. The zero-order chi connectivity index (χ0) is 17.5. The van der Waals surface area contributed by atoms with Crippen molar-refractivity contribution >= 4 is 28.9 Å². The summed E-state index contributed by atoms with van der Waals surface area (Å²) in [5, 5.41) is 5.84. The molecule has 0 unspecified atom stereocenters. The van der Waals surface area contributed by atoms with Gasteiger partial charge in [0.1, 0.15) is 5.75 Å². The van der Waals surface area contributed by atoms with Crippen molar-refractivity contribution in [1.29, 1.82) is 0 Å². The molecule has 0 spiro atoms. The monoisotopic (exact) mass is 327 g/mol. The molecule has 0 aliphatic carbocycles. The fourth-order valence-electron chi connectivity index (χ4n) is 2.07. The van der Waals surface area contributed by atoms with Crippen molar-refractivity contribution < 1.29 is 14.3 Å². The maximum atomic E-state index is 12.0. The SMILES string of the molecule is COc1cccc(NCC(=O)Nc2ccc(N(C)C(C)=O)cc2)c1. The molecule has 0 atom stereocenters. The molecule has 0 radical (unpaired) electrons. The number of amides is 2. The molecule has 126 valence electrons. The Morgan fingerprint density at radius 3 is 2.42 bits per heavy atom. The van der Waals surface area contributed by atoms with Gasteiger partial charge >= 0.3 is 0 Å². The van der Waals surface area contributed by atoms with Gasteiger partial charge in [-0.1, -0.05) is 6.07 Å². The van der Waals surface area contributed by atoms with Crippen LogP contribution in [0.5, 0.6) is 5.75 Å². The molecule has 2 N–H and O–H groups in total. The zero-order valence-corrected chi connectivity index (χ0v) is 14.0. The van der Waals surface area contributed by atoms with E-state index in [0.29, 0.717) is 5.69 Å². The average molecular weight is 327 g/mol. The Balaban J connectivity index is 1.89. The molecule has 0 saturated heterocycles. The lowest BCUT2D eigenvalue weighted by Crippen LogP contribution is -2.23. The number of benzene rings is 2. The Kier molecular flexibility index (Phi) is 5.78. The fourth-order valence-corrected chi connectivity index (χ4v) is 2.07. The van der Waals surface area contributed by atoms with Crippen LogP contribution in [0, 0.1) is 0 Å². The number of ether oxygens (including phenoxy) is 1. The maximum absolute atomic E-state index is 12.0. The molecule has 0 aliphatic rings. The molecule has 0 bridgehead atoms. The lowest BCUT2D eigenvalue weighted by molar-refractivity contribution is -0.116. The molecule has 0 aromatic heterocycles. The molecule has 0 aliphatic heterocycles. The second-order valence-corrected chi connectivity index (χ2v) is 5.26. The Hall–Kier alpha value is -3.02. The largest absolute Gasteiger partial charge is 0.497 e. The van der Waals surface area contributed by atoms with Gasteiger partial charge in [0.2, 0.25) is 11.8 Å². The number of methoxy groups -OCH3 is 1. The fraction of sp³-hybridized carbons (Fsp3) is 0.222. The van der Waals surface area contributed by atoms with Crippen LogP contribution in [-0.4, -0.2) is 32.5 Å². The van der Waals surface area contributed by atoms with Gasteiger partial charge in [-0.3, -0.25) is 9.59 Å². The van der Waals surface area contributed by atoms with Crippen molar-refractivity contribution in [3.8, 4) is 5.75 Å². The van der Waals surface area contributed by atoms with Crippen molar-refractivity contribution in [2.75, 3.05) is 36.2 Å². The van der Waals surface area contributed by atoms with Gasteiger partial charge in [-0.2, -0.15) is 0 Å². The van der Waals surface area contributed by atoms with E-state index in [0.717, 1.165) is 17.1 Å². The highest BCUT2D eigenvalue weighted by atomic mass is 16.5. The van der Waals surface area contributed by atoms with Gasteiger partial charge in [-0.05, 0) is 36.4 Å². The summed E-state index contributed by atoms with van der Waals surface area (Å²) in [6.07, 6.45) is 0. The normalized spacial score (nSPS) is 9.96. The first-order valence-corrected chi connectivity index (χ1v) is 7.51. The highest BCUT2D eigenvalue weighted by Gasteiger charge is 2.06. The van der Waals surface area contributed by atoms with Crippen molar-refractivity contribution in [1.82, 2.24) is 0 Å². The Morgan fingerprint density at radius 1 is 1.08 bits per heavy atom. The van der Waals surface area contributed by atoms with Gasteiger partial charge < -0.3 is 20.3 Å². The van der Waals surface area contributed by atoms with E-state index >= 15 is 0 Å². The first-order chi connectivity index (χ1) is 11.5. The third kappa shape index (κ3) is 4.74. The van der Waals surface area contributed by atoms with Gasteiger partial charge in [-0.15, -0.1) is 0 Å². The third-order valence-electron chi connectivity index (χ3n) is 3.53. The van der Waals surface area contributed by atoms with Gasteiger partial charge in [0, 0.05) is 37.1 Å². The molecule has 2 aromatic carbocycles. The van der Waals surface area contributed by atoms with Gasteiger partial charge in [-0.25, -0.2) is 0 Å². The van der Waals surface area contributed by atoms with Crippen LogP contribution in [0.1, 0.15) is 6.92 Å². The highest BCUT2D eigenvalue weighted by Crippen LogP contribution is 2.18. The topological polar surface area (TPSA) is 70.7 Å². The molecule has 24 heavy (non-hydrogen) atoms. The van der Waals surface area contributed by atoms with Crippen LogP contribution in [0.25, 0.3) is 0 Å². The van der Waals surface area contributed by atoms with E-state index < -0.39 is 0 Å². The molecular weight excluding hydrogens is 306 g/mol. The van der Waals surface area contributed by atoms with Crippen molar-refractivity contribution in [2.24, 2.45) is 0 Å². The minimum Gasteiger partial charge on any atom is -0.497 e. The Bertz CT molecular complexity index is 714. The number of anilines is 3. The van der Waals surface area contributed by atoms with Crippen LogP contribution < -0.4 is 20.3 Å². The van der Waals surface area contributed by atoms with Crippen LogP contribution >= 0.6 is 0 Å². The third-order valence-corrected chi connectivity index (χ3v) is 3.53. The second kappa shape index (κ2) is 8.01. The molecule has 0 saturated carbocycles. The van der Waals surface area contributed by atoms with Crippen molar-refractivity contribution in [3.05, 3.63) is 48.5 Å². The molecule has 6 heteroatoms. The number of hydrogen-bond acceptors (Lipinski definition) is 4. The van der Waals surface area contributed by atoms with Crippen molar-refractivity contribution in [3.63, 3.8) is 0 Å². The maximum Gasteiger partial charge on any atom is 0.243 e. The lowest BCUT2D eigenvalue weighted by atomic mass is 10.2. The predicted octanol–water partition coefficient (Wildman–Crippen LogP) is 2.73. The van der Waals surface area contributed by atoms with Gasteiger partial charge in [0.15, 0.2) is 0 Å². The van der Waals surface area contributed by atoms with Crippen LogP contribution in [0.15, 0.2) is 48.5 Å². The number of nitrogens with zero attached hydrogens (tertiary/aromatic N) is 1. The molecule has 0 fully saturated rings. The summed E-state index contributed by atoms with van der Waals surface area (Å²) in [5.41, 5.74) is 2.26. The number of rotatable bonds is 6. The van der Waals surface area contributed by atoms with E-state index in [1.54, 1.807) is 38.4 Å². The summed E-state index contributed by atoms with van der Waals surface area (Å²) < 4.78 is 5.14. The quantitative estimate of drug-likeness (QED) is 0.856. The number of carbonyl (C=O) groups is 2. The predicted molar refractivity (Wildman–Crippen MR) is 95.6 cm³/mol. The highest BCUT2D eigenvalue weighted by molar-refractivity contribution is 5.94. The molecular formula is C18H21N3O3. The van der Waals surface area contributed by atoms with E-state index in [4.69, 9.17) is 4.74 Å². The minimum atomic E-state index is -0.162. The van der Waals surface area contributed by atoms with Gasteiger partial charge in [0.25, 0.3) is 0 Å². The molecule has 0 heterocycles. The summed E-state index contributed by atoms with van der Waals surface area (Å²) >= 11 is 0. The smallest absolute Gasteiger partial charge is 0.243 e. The number of nitrogens with one attached hydrogen (secondary N) is 2. The standard InChI is InChI=1S/C18H21N3O3/c1-13(22)21(2)16-9-7-14(8-10-16)20-18(23)12-19-15-5-4-6-17(11-15)24-3/h4-11,19H,12H2,1-3H3,(H,20,23). The first kappa shape index (κ1) is 17.3.